The van der Waals surface area contributed by atoms with Gasteiger partial charge in [0.2, 0.25) is 0 Å². The van der Waals surface area contributed by atoms with Gasteiger partial charge in [0, 0.05) is 0 Å². The van der Waals surface area contributed by atoms with Gasteiger partial charge < -0.3 is 9.47 Å². The fourth-order valence-electron chi connectivity index (χ4n) is 7.02. The number of amides is 1. The molecule has 1 heterocycles. The number of esters is 1. The lowest BCUT2D eigenvalue weighted by atomic mass is 9.49. The smallest absolute Gasteiger partial charge is 0.317 e. The molecule has 1 saturated heterocycles. The van der Waals surface area contributed by atoms with E-state index in [0.29, 0.717) is 43.0 Å². The van der Waals surface area contributed by atoms with Crippen molar-refractivity contribution in [3.63, 3.8) is 0 Å². The van der Waals surface area contributed by atoms with Crippen LogP contribution < -0.4 is 14.4 Å². The van der Waals surface area contributed by atoms with Gasteiger partial charge in [-0.15, -0.1) is 0 Å². The lowest BCUT2D eigenvalue weighted by molar-refractivity contribution is -0.161. The van der Waals surface area contributed by atoms with Gasteiger partial charge in [-0.2, -0.15) is 0 Å². The molecule has 1 amide bonds. The topological polar surface area (TPSA) is 55.8 Å². The van der Waals surface area contributed by atoms with E-state index in [1.165, 1.54) is 31.0 Å². The van der Waals surface area contributed by atoms with Crippen LogP contribution in [0, 0.1) is 30.1 Å². The van der Waals surface area contributed by atoms with Crippen LogP contribution in [0.15, 0.2) is 45.8 Å². The summed E-state index contributed by atoms with van der Waals surface area (Å²) in [5, 5.41) is 0. The third-order valence-corrected chi connectivity index (χ3v) is 10.2. The molecule has 0 aromatic heterocycles. The first-order chi connectivity index (χ1) is 17.7. The highest BCUT2D eigenvalue weighted by molar-refractivity contribution is 9.10. The number of rotatable bonds is 5. The number of anilines is 1. The van der Waals surface area contributed by atoms with Gasteiger partial charge in [-0.25, -0.2) is 0 Å². The SMILES string of the molecule is COc1cc(/C=C2/SC(=S)N(c3ccc(C)cc3)C2=O)cc(Br)c1OC(=O)C12CC3CC(CC(C3)C1)C2. The van der Waals surface area contributed by atoms with Crippen LogP contribution in [0.5, 0.6) is 11.5 Å². The number of hydrogen-bond donors (Lipinski definition) is 0. The van der Waals surface area contributed by atoms with E-state index < -0.39 is 0 Å². The number of hydrogen-bond acceptors (Lipinski definition) is 6. The summed E-state index contributed by atoms with van der Waals surface area (Å²) in [5.74, 6) is 2.53. The highest BCUT2D eigenvalue weighted by Crippen LogP contribution is 2.60. The van der Waals surface area contributed by atoms with E-state index in [2.05, 4.69) is 15.9 Å². The van der Waals surface area contributed by atoms with Crippen molar-refractivity contribution in [2.45, 2.75) is 45.4 Å². The molecule has 4 aliphatic carbocycles. The zero-order chi connectivity index (χ0) is 25.9. The van der Waals surface area contributed by atoms with E-state index in [-0.39, 0.29) is 17.3 Å². The molecule has 7 rings (SSSR count). The monoisotopic (exact) mass is 597 g/mol. The molecule has 192 valence electrons. The largest absolute Gasteiger partial charge is 0.493 e. The van der Waals surface area contributed by atoms with Crippen LogP contribution in [-0.4, -0.2) is 23.3 Å². The fourth-order valence-corrected chi connectivity index (χ4v) is 8.86. The molecular formula is C29H28BrNO4S2. The molecule has 4 bridgehead atoms. The highest BCUT2D eigenvalue weighted by Gasteiger charge is 2.55. The zero-order valence-electron chi connectivity index (χ0n) is 20.8. The van der Waals surface area contributed by atoms with Gasteiger partial charge >= 0.3 is 5.97 Å². The fraction of sp³-hybridized carbons (Fsp3) is 0.414. The third-order valence-electron chi connectivity index (χ3n) is 8.30. The Balaban J connectivity index is 1.25. The Morgan fingerprint density at radius 3 is 2.32 bits per heavy atom. The van der Waals surface area contributed by atoms with E-state index in [9.17, 15) is 9.59 Å². The van der Waals surface area contributed by atoms with E-state index in [1.54, 1.807) is 24.2 Å². The molecule has 1 aliphatic heterocycles. The van der Waals surface area contributed by atoms with Crippen LogP contribution in [0.25, 0.3) is 6.08 Å². The molecule has 0 atom stereocenters. The van der Waals surface area contributed by atoms with Gasteiger partial charge in [-0.3, -0.25) is 14.5 Å². The molecule has 8 heteroatoms. The summed E-state index contributed by atoms with van der Waals surface area (Å²) < 4.78 is 12.8. The van der Waals surface area contributed by atoms with Gasteiger partial charge in [0.05, 0.1) is 27.6 Å². The number of thioether (sulfide) groups is 1. The molecular weight excluding hydrogens is 570 g/mol. The Morgan fingerprint density at radius 1 is 1.11 bits per heavy atom. The molecule has 2 aromatic carbocycles. The van der Waals surface area contributed by atoms with Crippen molar-refractivity contribution in [2.75, 3.05) is 12.0 Å². The lowest BCUT2D eigenvalue weighted by Crippen LogP contribution is -2.51. The summed E-state index contributed by atoms with van der Waals surface area (Å²) in [5.41, 5.74) is 2.26. The number of carbonyl (C=O) groups is 2. The van der Waals surface area contributed by atoms with Gasteiger partial charge in [-0.1, -0.05) is 41.7 Å². The van der Waals surface area contributed by atoms with Crippen LogP contribution in [-0.2, 0) is 9.59 Å². The summed E-state index contributed by atoms with van der Waals surface area (Å²) in [4.78, 5) is 28.8. The molecule has 0 spiro atoms. The van der Waals surface area contributed by atoms with Crippen LogP contribution in [0.3, 0.4) is 0 Å². The normalized spacial score (nSPS) is 29.3. The minimum absolute atomic E-state index is 0.127. The van der Waals surface area contributed by atoms with Crippen molar-refractivity contribution in [1.82, 2.24) is 0 Å². The number of thiocarbonyl (C=S) groups is 1. The first-order valence-electron chi connectivity index (χ1n) is 12.7. The average molecular weight is 599 g/mol. The second-order valence-corrected chi connectivity index (χ2v) is 13.5. The predicted octanol–water partition coefficient (Wildman–Crippen LogP) is 7.29. The number of benzene rings is 2. The second kappa shape index (κ2) is 9.54. The summed E-state index contributed by atoms with van der Waals surface area (Å²) in [6, 6.07) is 11.4. The molecule has 0 N–H and O–H groups in total. The van der Waals surface area contributed by atoms with Crippen molar-refractivity contribution < 1.29 is 19.1 Å². The van der Waals surface area contributed by atoms with Crippen LogP contribution >= 0.6 is 39.9 Å². The lowest BCUT2D eigenvalue weighted by Gasteiger charge is -2.55. The molecule has 5 nitrogen and oxygen atoms in total. The highest BCUT2D eigenvalue weighted by atomic mass is 79.9. The van der Waals surface area contributed by atoms with Gasteiger partial charge in [0.15, 0.2) is 15.8 Å². The molecule has 0 unspecified atom stereocenters. The van der Waals surface area contributed by atoms with Crippen molar-refractivity contribution in [1.29, 1.82) is 0 Å². The summed E-state index contributed by atoms with van der Waals surface area (Å²) >= 11 is 10.4. The number of halogens is 1. The summed E-state index contributed by atoms with van der Waals surface area (Å²) in [6.07, 6.45) is 8.43. The maximum absolute atomic E-state index is 13.5. The molecule has 5 aliphatic rings. The van der Waals surface area contributed by atoms with E-state index in [1.807, 2.05) is 37.3 Å². The predicted molar refractivity (Wildman–Crippen MR) is 154 cm³/mol. The molecule has 2 aromatic rings. The van der Waals surface area contributed by atoms with Crippen LogP contribution in [0.2, 0.25) is 0 Å². The Bertz CT molecular complexity index is 1300. The molecule has 5 fully saturated rings. The maximum atomic E-state index is 13.5. The van der Waals surface area contributed by atoms with Gasteiger partial charge in [0.1, 0.15) is 0 Å². The van der Waals surface area contributed by atoms with E-state index in [0.717, 1.165) is 36.1 Å². The van der Waals surface area contributed by atoms with Crippen LogP contribution in [0.1, 0.15) is 49.7 Å². The summed E-state index contributed by atoms with van der Waals surface area (Å²) in [7, 11) is 1.56. The minimum Gasteiger partial charge on any atom is -0.493 e. The standard InChI is InChI=1S/C29H28BrNO4S2/c1-16-3-5-21(6-4-16)31-26(32)24(37-28(31)36)12-17-10-22(30)25(23(11-17)34-2)35-27(33)29-13-18-7-19(14-29)9-20(8-18)15-29/h3-6,10-12,18-20H,7-9,13-15H2,1-2H3/b24-12+. The number of nitrogens with zero attached hydrogens (tertiary/aromatic N) is 1. The maximum Gasteiger partial charge on any atom is 0.317 e. The molecule has 0 radical (unpaired) electrons. The first kappa shape index (κ1) is 25.1. The Hall–Kier alpha value is -2.16. The van der Waals surface area contributed by atoms with E-state index >= 15 is 0 Å². The number of carbonyl (C=O) groups excluding carboxylic acids is 2. The average Bonchev–Trinajstić information content (AvgIpc) is 3.12. The molecule has 4 saturated carbocycles. The first-order valence-corrected chi connectivity index (χ1v) is 14.7. The number of methoxy groups -OCH3 is 1. The molecule has 37 heavy (non-hydrogen) atoms. The summed E-state index contributed by atoms with van der Waals surface area (Å²) in [6.45, 7) is 2.00. The Morgan fingerprint density at radius 2 is 1.73 bits per heavy atom. The zero-order valence-corrected chi connectivity index (χ0v) is 24.0. The van der Waals surface area contributed by atoms with Crippen molar-refractivity contribution in [3.05, 3.63) is 56.9 Å². The van der Waals surface area contributed by atoms with Gasteiger partial charge in [0.25, 0.3) is 5.91 Å². The minimum atomic E-state index is -0.359. The third kappa shape index (κ3) is 4.55. The van der Waals surface area contributed by atoms with Gasteiger partial charge in [-0.05, 0) is 115 Å². The van der Waals surface area contributed by atoms with Crippen molar-refractivity contribution in [2.24, 2.45) is 23.2 Å². The van der Waals surface area contributed by atoms with E-state index in [4.69, 9.17) is 21.7 Å². The van der Waals surface area contributed by atoms with Crippen molar-refractivity contribution >= 4 is 67.9 Å². The quantitative estimate of drug-likeness (QED) is 0.156. The van der Waals surface area contributed by atoms with Crippen LogP contribution in [0.4, 0.5) is 5.69 Å². The van der Waals surface area contributed by atoms with Crippen molar-refractivity contribution in [3.8, 4) is 11.5 Å². The second-order valence-electron chi connectivity index (χ2n) is 11.0. The number of ether oxygens (including phenoxy) is 2. The number of aryl methyl sites for hydroxylation is 1. The Kier molecular flexibility index (Phi) is 6.48. The Labute approximate surface area is 235 Å².